The molecule has 12 nitrogen and oxygen atoms in total. The number of nitrogens with zero attached hydrogens (tertiary/aromatic N) is 5. The topological polar surface area (TPSA) is 168 Å². The van der Waals surface area contributed by atoms with Crippen LogP contribution < -0.4 is 26.8 Å². The number of carbonyl (C=O) groups excluding carboxylic acids is 1. The number of hydrogen-bond donors (Lipinski definition) is 4. The van der Waals surface area contributed by atoms with Crippen molar-refractivity contribution in [2.24, 2.45) is 17.4 Å². The number of rotatable bonds is 13. The van der Waals surface area contributed by atoms with Crippen LogP contribution in [0.15, 0.2) is 30.7 Å². The number of halogens is 1. The van der Waals surface area contributed by atoms with Crippen LogP contribution in [0.25, 0.3) is 5.69 Å². The normalized spacial score (nSPS) is 12.9. The summed E-state index contributed by atoms with van der Waals surface area (Å²) in [5.74, 6) is -0.968. The maximum atomic E-state index is 14.9. The van der Waals surface area contributed by atoms with Gasteiger partial charge in [0.2, 0.25) is 5.88 Å². The third-order valence-corrected chi connectivity index (χ3v) is 5.18. The van der Waals surface area contributed by atoms with Gasteiger partial charge in [-0.25, -0.2) is 14.4 Å². The van der Waals surface area contributed by atoms with Gasteiger partial charge in [0.05, 0.1) is 36.4 Å². The summed E-state index contributed by atoms with van der Waals surface area (Å²) in [6.07, 6.45) is 5.20. The Balaban J connectivity index is 1.97. The summed E-state index contributed by atoms with van der Waals surface area (Å²) in [7, 11) is 1.56. The Morgan fingerprint density at radius 3 is 2.50 bits per heavy atom. The summed E-state index contributed by atoms with van der Waals surface area (Å²) in [4.78, 5) is 22.1. The second-order valence-corrected chi connectivity index (χ2v) is 8.65. The molecule has 36 heavy (non-hydrogen) atoms. The first kappa shape index (κ1) is 26.8. The molecule has 13 heteroatoms. The first-order chi connectivity index (χ1) is 17.2. The molecule has 1 amide bonds. The number of carbonyl (C=O) groups is 1. The molecule has 2 atom stereocenters. The fraction of sp³-hybridized carbons (Fsp3) is 0.435. The van der Waals surface area contributed by atoms with Gasteiger partial charge in [0.15, 0.2) is 11.6 Å². The fourth-order valence-electron chi connectivity index (χ4n) is 3.42. The van der Waals surface area contributed by atoms with Gasteiger partial charge in [-0.05, 0) is 31.4 Å². The Hall–Kier alpha value is -3.84. The molecule has 0 saturated carbocycles. The summed E-state index contributed by atoms with van der Waals surface area (Å²) >= 11 is 0. The van der Waals surface area contributed by atoms with E-state index in [9.17, 15) is 9.18 Å². The van der Waals surface area contributed by atoms with Crippen LogP contribution in [-0.2, 0) is 4.74 Å². The highest BCUT2D eigenvalue weighted by Crippen LogP contribution is 2.28. The molecule has 0 radical (unpaired) electrons. The lowest BCUT2D eigenvalue weighted by atomic mass is 9.99. The molecule has 0 aromatic carbocycles. The molecule has 3 rings (SSSR count). The molecule has 0 aliphatic heterocycles. The van der Waals surface area contributed by atoms with E-state index < -0.39 is 11.7 Å². The van der Waals surface area contributed by atoms with Crippen molar-refractivity contribution >= 4 is 23.2 Å². The fourth-order valence-corrected chi connectivity index (χ4v) is 3.42. The Labute approximate surface area is 208 Å². The average molecular weight is 502 g/mol. The largest absolute Gasteiger partial charge is 0.474 e. The van der Waals surface area contributed by atoms with Gasteiger partial charge < -0.3 is 31.6 Å². The van der Waals surface area contributed by atoms with Gasteiger partial charge >= 0.3 is 0 Å². The molecule has 3 aromatic rings. The van der Waals surface area contributed by atoms with E-state index in [4.69, 9.17) is 20.9 Å². The Bertz CT molecular complexity index is 1160. The minimum atomic E-state index is -0.845. The second kappa shape index (κ2) is 12.2. The zero-order chi connectivity index (χ0) is 26.2. The van der Waals surface area contributed by atoms with Crippen molar-refractivity contribution in [2.75, 3.05) is 31.0 Å². The standard InChI is InChI=1S/C23H32FN9O3/c1-13(2)9-18(14(3)25)31-22-17(24)11-16(20(26)34)21(32-22)30-15-10-19(33-28-5-6-29-33)23(27-12-15)36-8-7-35-4/h5-6,10-14,18H,7-9,25H2,1-4H3,(H2,26,34)(H2,30,31,32)/t14-,18+/m0/s1. The van der Waals surface area contributed by atoms with Crippen molar-refractivity contribution in [3.8, 4) is 11.6 Å². The molecule has 3 aromatic heterocycles. The number of hydrogen-bond acceptors (Lipinski definition) is 10. The second-order valence-electron chi connectivity index (χ2n) is 8.65. The van der Waals surface area contributed by atoms with Gasteiger partial charge in [-0.3, -0.25) is 4.79 Å². The molecular formula is C23H32FN9O3. The predicted octanol–water partition coefficient (Wildman–Crippen LogP) is 2.24. The molecular weight excluding hydrogens is 469 g/mol. The van der Waals surface area contributed by atoms with Crippen molar-refractivity contribution in [2.45, 2.75) is 39.3 Å². The summed E-state index contributed by atoms with van der Waals surface area (Å²) in [6.45, 7) is 6.56. The van der Waals surface area contributed by atoms with Crippen LogP contribution in [0.4, 0.5) is 21.7 Å². The van der Waals surface area contributed by atoms with E-state index in [-0.39, 0.29) is 41.8 Å². The van der Waals surface area contributed by atoms with Crippen LogP contribution in [0.5, 0.6) is 5.88 Å². The molecule has 3 heterocycles. The summed E-state index contributed by atoms with van der Waals surface area (Å²) < 4.78 is 25.6. The summed E-state index contributed by atoms with van der Waals surface area (Å²) in [6, 6.07) is 2.20. The van der Waals surface area contributed by atoms with Crippen molar-refractivity contribution in [3.63, 3.8) is 0 Å². The van der Waals surface area contributed by atoms with E-state index in [0.29, 0.717) is 30.3 Å². The highest BCUT2D eigenvalue weighted by molar-refractivity contribution is 5.98. The number of nitrogens with one attached hydrogen (secondary N) is 2. The number of methoxy groups -OCH3 is 1. The third kappa shape index (κ3) is 6.86. The lowest BCUT2D eigenvalue weighted by Gasteiger charge is -2.25. The minimum absolute atomic E-state index is 0.0492. The molecule has 6 N–H and O–H groups in total. The van der Waals surface area contributed by atoms with Crippen molar-refractivity contribution in [3.05, 3.63) is 42.1 Å². The van der Waals surface area contributed by atoms with Crippen molar-refractivity contribution in [1.82, 2.24) is 25.0 Å². The number of ether oxygens (including phenoxy) is 2. The van der Waals surface area contributed by atoms with Crippen LogP contribution in [0.2, 0.25) is 0 Å². The van der Waals surface area contributed by atoms with E-state index in [1.54, 1.807) is 13.2 Å². The average Bonchev–Trinajstić information content (AvgIpc) is 3.35. The van der Waals surface area contributed by atoms with Crippen LogP contribution >= 0.6 is 0 Å². The van der Waals surface area contributed by atoms with Gasteiger partial charge in [0.25, 0.3) is 5.91 Å². The number of nitrogens with two attached hydrogens (primary N) is 2. The molecule has 0 aliphatic carbocycles. The lowest BCUT2D eigenvalue weighted by Crippen LogP contribution is -2.39. The van der Waals surface area contributed by atoms with Gasteiger partial charge in [0.1, 0.15) is 18.1 Å². The third-order valence-electron chi connectivity index (χ3n) is 5.18. The van der Waals surface area contributed by atoms with Crippen molar-refractivity contribution < 1.29 is 18.7 Å². The van der Waals surface area contributed by atoms with Gasteiger partial charge in [-0.2, -0.15) is 10.2 Å². The minimum Gasteiger partial charge on any atom is -0.474 e. The monoisotopic (exact) mass is 501 g/mol. The molecule has 0 bridgehead atoms. The maximum Gasteiger partial charge on any atom is 0.252 e. The molecule has 0 spiro atoms. The summed E-state index contributed by atoms with van der Waals surface area (Å²) in [5.41, 5.74) is 12.3. The van der Waals surface area contributed by atoms with Crippen LogP contribution in [-0.4, -0.2) is 63.3 Å². The van der Waals surface area contributed by atoms with E-state index in [1.165, 1.54) is 23.4 Å². The van der Waals surface area contributed by atoms with Gasteiger partial charge in [-0.15, -0.1) is 4.80 Å². The first-order valence-electron chi connectivity index (χ1n) is 11.5. The molecule has 194 valence electrons. The highest BCUT2D eigenvalue weighted by atomic mass is 19.1. The highest BCUT2D eigenvalue weighted by Gasteiger charge is 2.22. The SMILES string of the molecule is COCCOc1ncc(Nc2nc(N[C@H](CC(C)C)[C@H](C)N)c(F)cc2C(N)=O)cc1-n1nccn1. The van der Waals surface area contributed by atoms with E-state index in [0.717, 1.165) is 6.07 Å². The smallest absolute Gasteiger partial charge is 0.252 e. The van der Waals surface area contributed by atoms with Gasteiger partial charge in [-0.1, -0.05) is 13.8 Å². The Kier molecular flexibility index (Phi) is 9.08. The van der Waals surface area contributed by atoms with Crippen LogP contribution in [0.3, 0.4) is 0 Å². The molecule has 0 fully saturated rings. The quantitative estimate of drug-likeness (QED) is 0.255. The van der Waals surface area contributed by atoms with E-state index >= 15 is 0 Å². The van der Waals surface area contributed by atoms with E-state index in [2.05, 4.69) is 30.8 Å². The molecule has 0 saturated heterocycles. The first-order valence-corrected chi connectivity index (χ1v) is 11.5. The number of aromatic nitrogens is 5. The van der Waals surface area contributed by atoms with Crippen molar-refractivity contribution in [1.29, 1.82) is 0 Å². The maximum absolute atomic E-state index is 14.9. The lowest BCUT2D eigenvalue weighted by molar-refractivity contribution is 0.100. The Morgan fingerprint density at radius 2 is 1.89 bits per heavy atom. The summed E-state index contributed by atoms with van der Waals surface area (Å²) in [5, 5.41) is 14.3. The van der Waals surface area contributed by atoms with Gasteiger partial charge in [0, 0.05) is 19.2 Å². The number of primary amides is 1. The molecule has 0 unspecified atom stereocenters. The number of amides is 1. The number of anilines is 3. The zero-order valence-corrected chi connectivity index (χ0v) is 20.7. The number of pyridine rings is 2. The predicted molar refractivity (Wildman–Crippen MR) is 133 cm³/mol. The van der Waals surface area contributed by atoms with Crippen LogP contribution in [0, 0.1) is 11.7 Å². The van der Waals surface area contributed by atoms with E-state index in [1.807, 2.05) is 20.8 Å². The zero-order valence-electron chi connectivity index (χ0n) is 20.7. The van der Waals surface area contributed by atoms with Crippen LogP contribution in [0.1, 0.15) is 37.6 Å². The Morgan fingerprint density at radius 1 is 1.17 bits per heavy atom. The molecule has 0 aliphatic rings.